The molecule has 1 amide bonds. The van der Waals surface area contributed by atoms with Crippen molar-refractivity contribution >= 4 is 34.4 Å². The van der Waals surface area contributed by atoms with Gasteiger partial charge in [-0.05, 0) is 55.2 Å². The number of H-pyrrole nitrogens is 1. The second-order valence-corrected chi connectivity index (χ2v) is 9.29. The average Bonchev–Trinajstić information content (AvgIpc) is 3.41. The van der Waals surface area contributed by atoms with Crippen LogP contribution in [-0.2, 0) is 16.1 Å². The SMILES string of the molecule is Cc1ccc2nc(SCC(=O)N(Cc3ccc(N(C)C)cc3)C[C@@H]3CCCO3)[nH]c2c1. The first-order valence-corrected chi connectivity index (χ1v) is 11.7. The summed E-state index contributed by atoms with van der Waals surface area (Å²) in [5, 5.41) is 0.779. The Labute approximate surface area is 188 Å². The van der Waals surface area contributed by atoms with Gasteiger partial charge >= 0.3 is 0 Å². The van der Waals surface area contributed by atoms with Crippen molar-refractivity contribution in [3.8, 4) is 0 Å². The smallest absolute Gasteiger partial charge is 0.233 e. The normalized spacial score (nSPS) is 16.0. The van der Waals surface area contributed by atoms with Crippen LogP contribution in [-0.4, -0.2) is 59.9 Å². The molecule has 1 aliphatic rings. The van der Waals surface area contributed by atoms with Crippen molar-refractivity contribution in [2.24, 2.45) is 0 Å². The number of aryl methyl sites for hydroxylation is 1. The molecule has 4 rings (SSSR count). The predicted molar refractivity (Wildman–Crippen MR) is 127 cm³/mol. The fraction of sp³-hybridized carbons (Fsp3) is 0.417. The van der Waals surface area contributed by atoms with Crippen molar-refractivity contribution in [3.63, 3.8) is 0 Å². The van der Waals surface area contributed by atoms with Gasteiger partial charge in [0.1, 0.15) is 0 Å². The number of rotatable bonds is 8. The molecular weight excluding hydrogens is 408 g/mol. The van der Waals surface area contributed by atoms with Crippen molar-refractivity contribution in [1.29, 1.82) is 0 Å². The first-order chi connectivity index (χ1) is 15.0. The molecule has 6 nitrogen and oxygen atoms in total. The Morgan fingerprint density at radius 2 is 2.03 bits per heavy atom. The Kier molecular flexibility index (Phi) is 6.83. The van der Waals surface area contributed by atoms with E-state index >= 15 is 0 Å². The van der Waals surface area contributed by atoms with Crippen LogP contribution in [0.25, 0.3) is 11.0 Å². The Hall–Kier alpha value is -2.51. The minimum atomic E-state index is 0.105. The van der Waals surface area contributed by atoms with Crippen LogP contribution in [0.1, 0.15) is 24.0 Å². The van der Waals surface area contributed by atoms with Crippen LogP contribution in [0, 0.1) is 6.92 Å². The summed E-state index contributed by atoms with van der Waals surface area (Å²) < 4.78 is 5.81. The molecule has 2 aromatic carbocycles. The number of aromatic amines is 1. The monoisotopic (exact) mass is 438 g/mol. The number of thioether (sulfide) groups is 1. The second kappa shape index (κ2) is 9.75. The fourth-order valence-corrected chi connectivity index (χ4v) is 4.59. The molecule has 1 atom stereocenters. The first-order valence-electron chi connectivity index (χ1n) is 10.7. The zero-order chi connectivity index (χ0) is 21.8. The highest BCUT2D eigenvalue weighted by molar-refractivity contribution is 7.99. The van der Waals surface area contributed by atoms with Crippen LogP contribution < -0.4 is 4.90 Å². The van der Waals surface area contributed by atoms with Gasteiger partial charge in [-0.3, -0.25) is 4.79 Å². The Bertz CT molecular complexity index is 1030. The lowest BCUT2D eigenvalue weighted by molar-refractivity contribution is -0.130. The summed E-state index contributed by atoms with van der Waals surface area (Å²) >= 11 is 1.46. The van der Waals surface area contributed by atoms with E-state index in [1.54, 1.807) is 0 Å². The van der Waals surface area contributed by atoms with Gasteiger partial charge in [-0.15, -0.1) is 0 Å². The maximum atomic E-state index is 13.2. The standard InChI is InChI=1S/C24H30N4O2S/c1-17-6-11-21-22(13-17)26-24(25-21)31-16-23(29)28(15-20-5-4-12-30-20)14-18-7-9-19(10-8-18)27(2)3/h6-11,13,20H,4-5,12,14-16H2,1-3H3,(H,25,26)/t20-/m0/s1. The molecule has 7 heteroatoms. The van der Waals surface area contributed by atoms with E-state index in [1.807, 2.05) is 31.1 Å². The third-order valence-corrected chi connectivity index (χ3v) is 6.43. The quantitative estimate of drug-likeness (QED) is 0.533. The molecule has 1 aromatic heterocycles. The highest BCUT2D eigenvalue weighted by atomic mass is 32.2. The highest BCUT2D eigenvalue weighted by Crippen LogP contribution is 2.22. The average molecular weight is 439 g/mol. The summed E-state index contributed by atoms with van der Waals surface area (Å²) in [6.45, 7) is 4.07. The maximum Gasteiger partial charge on any atom is 0.233 e. The second-order valence-electron chi connectivity index (χ2n) is 8.32. The Morgan fingerprint density at radius 1 is 1.23 bits per heavy atom. The number of carbonyl (C=O) groups excluding carboxylic acids is 1. The number of anilines is 1. The largest absolute Gasteiger partial charge is 0.378 e. The number of fused-ring (bicyclic) bond motifs is 1. The number of amides is 1. The number of imidazole rings is 1. The van der Waals surface area contributed by atoms with E-state index in [1.165, 1.54) is 17.3 Å². The number of nitrogens with zero attached hydrogens (tertiary/aromatic N) is 3. The fourth-order valence-electron chi connectivity index (χ4n) is 3.80. The zero-order valence-corrected chi connectivity index (χ0v) is 19.2. The van der Waals surface area contributed by atoms with Gasteiger partial charge in [0.15, 0.2) is 5.16 Å². The van der Waals surface area contributed by atoms with Crippen molar-refractivity contribution in [2.75, 3.05) is 37.9 Å². The summed E-state index contributed by atoms with van der Waals surface area (Å²) in [6.07, 6.45) is 2.21. The van der Waals surface area contributed by atoms with E-state index in [0.29, 0.717) is 18.8 Å². The topological polar surface area (TPSA) is 61.5 Å². The maximum absolute atomic E-state index is 13.2. The summed E-state index contributed by atoms with van der Waals surface area (Å²) in [5.41, 5.74) is 5.40. The lowest BCUT2D eigenvalue weighted by atomic mass is 10.1. The minimum Gasteiger partial charge on any atom is -0.378 e. The predicted octanol–water partition coefficient (Wildman–Crippen LogP) is 4.24. The molecule has 3 aromatic rings. The van der Waals surface area contributed by atoms with E-state index in [-0.39, 0.29) is 12.0 Å². The van der Waals surface area contributed by atoms with Crippen molar-refractivity contribution in [2.45, 2.75) is 37.6 Å². The molecule has 0 saturated carbocycles. The molecule has 2 heterocycles. The molecule has 1 aliphatic heterocycles. The summed E-state index contributed by atoms with van der Waals surface area (Å²) in [5.74, 6) is 0.454. The van der Waals surface area contributed by atoms with Crippen LogP contribution in [0.15, 0.2) is 47.6 Å². The lowest BCUT2D eigenvalue weighted by Gasteiger charge is -2.26. The summed E-state index contributed by atoms with van der Waals surface area (Å²) in [7, 11) is 4.05. The van der Waals surface area contributed by atoms with Gasteiger partial charge in [0.2, 0.25) is 5.91 Å². The van der Waals surface area contributed by atoms with E-state index < -0.39 is 0 Å². The van der Waals surface area contributed by atoms with E-state index in [9.17, 15) is 4.79 Å². The van der Waals surface area contributed by atoms with E-state index in [0.717, 1.165) is 46.9 Å². The van der Waals surface area contributed by atoms with Crippen LogP contribution in [0.5, 0.6) is 0 Å². The van der Waals surface area contributed by atoms with E-state index in [2.05, 4.69) is 52.1 Å². The van der Waals surface area contributed by atoms with Crippen molar-refractivity contribution in [1.82, 2.24) is 14.9 Å². The number of hydrogen-bond acceptors (Lipinski definition) is 5. The highest BCUT2D eigenvalue weighted by Gasteiger charge is 2.23. The molecule has 164 valence electrons. The summed E-state index contributed by atoms with van der Waals surface area (Å²) in [6, 6.07) is 14.5. The number of benzene rings is 2. The molecule has 0 bridgehead atoms. The van der Waals surface area contributed by atoms with Crippen LogP contribution >= 0.6 is 11.8 Å². The Balaban J connectivity index is 1.43. The van der Waals surface area contributed by atoms with Crippen molar-refractivity contribution in [3.05, 3.63) is 53.6 Å². The molecule has 1 saturated heterocycles. The van der Waals surface area contributed by atoms with Crippen LogP contribution in [0.2, 0.25) is 0 Å². The van der Waals surface area contributed by atoms with E-state index in [4.69, 9.17) is 4.74 Å². The van der Waals surface area contributed by atoms with Gasteiger partial charge in [-0.2, -0.15) is 0 Å². The zero-order valence-electron chi connectivity index (χ0n) is 18.4. The van der Waals surface area contributed by atoms with Gasteiger partial charge in [0.25, 0.3) is 0 Å². The number of aromatic nitrogens is 2. The Morgan fingerprint density at radius 3 is 2.74 bits per heavy atom. The summed E-state index contributed by atoms with van der Waals surface area (Å²) in [4.78, 5) is 25.1. The molecule has 31 heavy (non-hydrogen) atoms. The third-order valence-electron chi connectivity index (χ3n) is 5.57. The minimum absolute atomic E-state index is 0.105. The molecule has 0 radical (unpaired) electrons. The molecule has 0 unspecified atom stereocenters. The van der Waals surface area contributed by atoms with Crippen LogP contribution in [0.3, 0.4) is 0 Å². The van der Waals surface area contributed by atoms with Gasteiger partial charge in [0.05, 0.1) is 22.9 Å². The van der Waals surface area contributed by atoms with Gasteiger partial charge in [0, 0.05) is 39.5 Å². The first kappa shape index (κ1) is 21.7. The lowest BCUT2D eigenvalue weighted by Crippen LogP contribution is -2.38. The van der Waals surface area contributed by atoms with Gasteiger partial charge < -0.3 is 19.5 Å². The number of carbonyl (C=O) groups is 1. The number of ether oxygens (including phenoxy) is 1. The van der Waals surface area contributed by atoms with Gasteiger partial charge in [-0.1, -0.05) is 30.0 Å². The van der Waals surface area contributed by atoms with Gasteiger partial charge in [-0.25, -0.2) is 4.98 Å². The molecule has 0 aliphatic carbocycles. The van der Waals surface area contributed by atoms with Crippen molar-refractivity contribution < 1.29 is 9.53 Å². The number of nitrogens with one attached hydrogen (secondary N) is 1. The third kappa shape index (κ3) is 5.60. The van der Waals surface area contributed by atoms with Crippen LogP contribution in [0.4, 0.5) is 5.69 Å². The number of hydrogen-bond donors (Lipinski definition) is 1. The molecule has 1 N–H and O–H groups in total. The molecular formula is C24H30N4O2S. The molecule has 1 fully saturated rings. The molecule has 0 spiro atoms.